The number of hydrogen-bond acceptors (Lipinski definition) is 4. The molecule has 1 unspecified atom stereocenters. The smallest absolute Gasteiger partial charge is 0.272 e. The van der Waals surface area contributed by atoms with Crippen LogP contribution in [0.5, 0.6) is 0 Å². The molecule has 1 heterocycles. The van der Waals surface area contributed by atoms with Crippen LogP contribution in [-0.2, 0) is 9.09 Å². The van der Waals surface area contributed by atoms with E-state index >= 15 is 0 Å². The Bertz CT molecular complexity index is 262. The lowest BCUT2D eigenvalue weighted by Crippen LogP contribution is -2.42. The number of piperazine rings is 1. The molecule has 0 aromatic heterocycles. The van der Waals surface area contributed by atoms with Crippen molar-refractivity contribution in [3.63, 3.8) is 0 Å². The van der Waals surface area contributed by atoms with Crippen LogP contribution in [0, 0.1) is 0 Å². The van der Waals surface area contributed by atoms with Crippen LogP contribution < -0.4 is 5.32 Å². The lowest BCUT2D eigenvalue weighted by atomic mass is 10.2. The summed E-state index contributed by atoms with van der Waals surface area (Å²) in [7, 11) is -2.63. The van der Waals surface area contributed by atoms with Gasteiger partial charge in [0.2, 0.25) is 0 Å². The summed E-state index contributed by atoms with van der Waals surface area (Å²) in [5.41, 5.74) is 0. The van der Waals surface area contributed by atoms with E-state index in [1.54, 1.807) is 0 Å². The first-order valence-corrected chi connectivity index (χ1v) is 8.00. The molecule has 4 nitrogen and oxygen atoms in total. The SMILES string of the molecule is CCP(=O)(OCC(C)(C)S)N1CCNCC1. The number of thiol groups is 1. The molecular weight excluding hydrogens is 243 g/mol. The number of nitrogens with one attached hydrogen (secondary N) is 1. The molecule has 6 heteroatoms. The van der Waals surface area contributed by atoms with Crippen LogP contribution in [0.3, 0.4) is 0 Å². The van der Waals surface area contributed by atoms with Gasteiger partial charge in [0.25, 0.3) is 7.52 Å². The maximum absolute atomic E-state index is 12.6. The Balaban J connectivity index is 2.58. The van der Waals surface area contributed by atoms with Gasteiger partial charge < -0.3 is 9.84 Å². The lowest BCUT2D eigenvalue weighted by molar-refractivity contribution is 0.233. The molecule has 1 rings (SSSR count). The quantitative estimate of drug-likeness (QED) is 0.588. The van der Waals surface area contributed by atoms with Crippen LogP contribution in [0.1, 0.15) is 20.8 Å². The molecule has 16 heavy (non-hydrogen) atoms. The fraction of sp³-hybridized carbons (Fsp3) is 1.00. The van der Waals surface area contributed by atoms with E-state index in [1.807, 2.05) is 25.4 Å². The highest BCUT2D eigenvalue weighted by molar-refractivity contribution is 7.81. The van der Waals surface area contributed by atoms with Gasteiger partial charge in [0.05, 0.1) is 6.61 Å². The molecule has 1 atom stereocenters. The summed E-state index contributed by atoms with van der Waals surface area (Å²) in [5.74, 6) is 0. The van der Waals surface area contributed by atoms with E-state index in [-0.39, 0.29) is 4.75 Å². The Morgan fingerprint density at radius 1 is 1.44 bits per heavy atom. The van der Waals surface area contributed by atoms with E-state index in [0.29, 0.717) is 12.8 Å². The second-order valence-corrected chi connectivity index (χ2v) is 8.69. The average Bonchev–Trinajstić information content (AvgIpc) is 2.26. The standard InChI is InChI=1S/C10H23N2O2PS/c1-4-15(13,14-9-10(2,3)16)12-7-5-11-6-8-12/h11,16H,4-9H2,1-3H3. The molecule has 0 radical (unpaired) electrons. The predicted octanol–water partition coefficient (Wildman–Crippen LogP) is 1.83. The molecule has 1 saturated heterocycles. The van der Waals surface area contributed by atoms with Gasteiger partial charge in [-0.2, -0.15) is 12.6 Å². The zero-order chi connectivity index (χ0) is 12.2. The monoisotopic (exact) mass is 266 g/mol. The highest BCUT2D eigenvalue weighted by atomic mass is 32.1. The fourth-order valence-electron chi connectivity index (χ4n) is 1.59. The second kappa shape index (κ2) is 5.87. The molecular formula is C10H23N2O2PS. The van der Waals surface area contributed by atoms with E-state index in [0.717, 1.165) is 26.2 Å². The average molecular weight is 266 g/mol. The zero-order valence-corrected chi connectivity index (χ0v) is 12.2. The summed E-state index contributed by atoms with van der Waals surface area (Å²) in [5, 5.41) is 3.25. The summed E-state index contributed by atoms with van der Waals surface area (Å²) in [6.07, 6.45) is 0.566. The van der Waals surface area contributed by atoms with Gasteiger partial charge in [0, 0.05) is 37.1 Å². The van der Waals surface area contributed by atoms with Crippen molar-refractivity contribution in [2.24, 2.45) is 0 Å². The summed E-state index contributed by atoms with van der Waals surface area (Å²) < 4.78 is 20.0. The van der Waals surface area contributed by atoms with Crippen LogP contribution in [0.4, 0.5) is 0 Å². The van der Waals surface area contributed by atoms with E-state index in [2.05, 4.69) is 17.9 Å². The third-order valence-corrected chi connectivity index (χ3v) is 5.27. The first-order chi connectivity index (χ1) is 7.37. The predicted molar refractivity (Wildman–Crippen MR) is 71.6 cm³/mol. The lowest BCUT2D eigenvalue weighted by Gasteiger charge is -2.34. The van der Waals surface area contributed by atoms with Crippen LogP contribution in [-0.4, -0.2) is 48.4 Å². The molecule has 0 amide bonds. The minimum Gasteiger partial charge on any atom is -0.316 e. The Kier molecular flexibility index (Phi) is 5.33. The largest absolute Gasteiger partial charge is 0.316 e. The number of rotatable bonds is 5. The highest BCUT2D eigenvalue weighted by Crippen LogP contribution is 2.51. The molecule has 0 aromatic rings. The van der Waals surface area contributed by atoms with Gasteiger partial charge >= 0.3 is 0 Å². The minimum absolute atomic E-state index is 0.237. The summed E-state index contributed by atoms with van der Waals surface area (Å²) in [4.78, 5) is 0. The Morgan fingerprint density at radius 3 is 2.44 bits per heavy atom. The Morgan fingerprint density at radius 2 is 2.00 bits per heavy atom. The maximum atomic E-state index is 12.6. The molecule has 1 N–H and O–H groups in total. The summed E-state index contributed by atoms with van der Waals surface area (Å²) in [6.45, 7) is 9.66. The van der Waals surface area contributed by atoms with E-state index < -0.39 is 7.52 Å². The third-order valence-electron chi connectivity index (χ3n) is 2.54. The molecule has 0 aliphatic carbocycles. The van der Waals surface area contributed by atoms with Gasteiger partial charge in [0.1, 0.15) is 0 Å². The molecule has 1 aliphatic rings. The first kappa shape index (κ1) is 14.5. The topological polar surface area (TPSA) is 41.6 Å². The number of hydrogen-bond donors (Lipinski definition) is 2. The van der Waals surface area contributed by atoms with Crippen LogP contribution in [0.15, 0.2) is 0 Å². The fourth-order valence-corrected chi connectivity index (χ4v) is 3.84. The van der Waals surface area contributed by atoms with E-state index in [4.69, 9.17) is 4.52 Å². The van der Waals surface area contributed by atoms with Crippen molar-refractivity contribution in [2.45, 2.75) is 25.5 Å². The van der Waals surface area contributed by atoms with Gasteiger partial charge in [0.15, 0.2) is 0 Å². The van der Waals surface area contributed by atoms with E-state index in [9.17, 15) is 4.57 Å². The van der Waals surface area contributed by atoms with Crippen molar-refractivity contribution in [1.29, 1.82) is 0 Å². The van der Waals surface area contributed by atoms with Crippen molar-refractivity contribution < 1.29 is 9.09 Å². The number of nitrogens with zero attached hydrogens (tertiary/aromatic N) is 1. The van der Waals surface area contributed by atoms with Gasteiger partial charge in [-0.1, -0.05) is 6.92 Å². The minimum atomic E-state index is -2.63. The zero-order valence-electron chi connectivity index (χ0n) is 10.4. The van der Waals surface area contributed by atoms with Gasteiger partial charge in [-0.15, -0.1) is 0 Å². The van der Waals surface area contributed by atoms with Crippen LogP contribution in [0.25, 0.3) is 0 Å². The third kappa shape index (κ3) is 4.38. The van der Waals surface area contributed by atoms with E-state index in [1.165, 1.54) is 0 Å². The second-order valence-electron chi connectivity index (χ2n) is 4.74. The summed E-state index contributed by atoms with van der Waals surface area (Å²) >= 11 is 4.39. The normalized spacial score (nSPS) is 23.0. The molecule has 0 aromatic carbocycles. The Labute approximate surface area is 104 Å². The van der Waals surface area contributed by atoms with Crippen LogP contribution >= 0.6 is 20.1 Å². The maximum Gasteiger partial charge on any atom is 0.272 e. The molecule has 0 bridgehead atoms. The van der Waals surface area contributed by atoms with Crippen molar-refractivity contribution in [1.82, 2.24) is 9.99 Å². The molecule has 0 saturated carbocycles. The van der Waals surface area contributed by atoms with Gasteiger partial charge in [-0.3, -0.25) is 4.57 Å². The van der Waals surface area contributed by atoms with Crippen molar-refractivity contribution in [3.8, 4) is 0 Å². The molecule has 1 fully saturated rings. The van der Waals surface area contributed by atoms with Crippen molar-refractivity contribution in [3.05, 3.63) is 0 Å². The summed E-state index contributed by atoms with van der Waals surface area (Å²) in [6, 6.07) is 0. The molecule has 0 spiro atoms. The van der Waals surface area contributed by atoms with Crippen molar-refractivity contribution >= 4 is 20.1 Å². The molecule has 1 aliphatic heterocycles. The molecule has 96 valence electrons. The van der Waals surface area contributed by atoms with Crippen molar-refractivity contribution in [2.75, 3.05) is 38.9 Å². The van der Waals surface area contributed by atoms with Gasteiger partial charge in [-0.25, -0.2) is 4.67 Å². The Hall–Kier alpha value is 0.460. The van der Waals surface area contributed by atoms with Crippen LogP contribution in [0.2, 0.25) is 0 Å². The first-order valence-electron chi connectivity index (χ1n) is 5.79. The van der Waals surface area contributed by atoms with Gasteiger partial charge in [-0.05, 0) is 13.8 Å². The highest BCUT2D eigenvalue weighted by Gasteiger charge is 2.32.